The SMILES string of the molecule is CC(=O)N1CCCC1(C)CCc1cncc(C(O)(c2ccc(C(C)C)cc2)C2(C)CN(C)C2)c1. The first-order chi connectivity index (χ1) is 16.0. The van der Waals surface area contributed by atoms with Crippen LogP contribution in [0.5, 0.6) is 0 Å². The Morgan fingerprint density at radius 2 is 1.82 bits per heavy atom. The molecule has 0 radical (unpaired) electrons. The molecule has 2 saturated heterocycles. The number of carbonyl (C=O) groups excluding carboxylic acids is 1. The number of hydrogen-bond donors (Lipinski definition) is 1. The van der Waals surface area contributed by atoms with Gasteiger partial charge in [0.2, 0.25) is 5.91 Å². The molecule has 1 N–H and O–H groups in total. The molecule has 0 saturated carbocycles. The standard InChI is InChI=1S/C29H41N3O2/c1-21(2)24-8-10-25(11-9-24)29(34,27(4)19-31(6)20-27)26-16-23(17-30-18-26)12-14-28(5)13-7-15-32(28)22(3)33/h8-11,16-18,21,34H,7,12-15,19-20H2,1-6H3. The molecular formula is C29H41N3O2. The van der Waals surface area contributed by atoms with Crippen LogP contribution in [0.3, 0.4) is 0 Å². The maximum atomic E-state index is 12.4. The van der Waals surface area contributed by atoms with Gasteiger partial charge in [0.05, 0.1) is 0 Å². The Morgan fingerprint density at radius 3 is 2.41 bits per heavy atom. The molecule has 5 heteroatoms. The van der Waals surface area contributed by atoms with E-state index >= 15 is 0 Å². The number of amides is 1. The van der Waals surface area contributed by atoms with Gasteiger partial charge in [-0.1, -0.05) is 45.0 Å². The zero-order chi connectivity index (χ0) is 24.7. The van der Waals surface area contributed by atoms with Crippen LogP contribution in [0.15, 0.2) is 42.7 Å². The van der Waals surface area contributed by atoms with Crippen LogP contribution in [-0.4, -0.2) is 58.0 Å². The molecular weight excluding hydrogens is 422 g/mol. The van der Waals surface area contributed by atoms with Crippen molar-refractivity contribution in [2.75, 3.05) is 26.7 Å². The van der Waals surface area contributed by atoms with E-state index in [9.17, 15) is 9.90 Å². The highest BCUT2D eigenvalue weighted by Crippen LogP contribution is 2.50. The Kier molecular flexibility index (Phi) is 6.65. The first-order valence-electron chi connectivity index (χ1n) is 12.7. The Labute approximate surface area is 205 Å². The lowest BCUT2D eigenvalue weighted by Gasteiger charge is -2.56. The molecule has 4 rings (SSSR count). The smallest absolute Gasteiger partial charge is 0.219 e. The molecule has 0 bridgehead atoms. The first kappa shape index (κ1) is 24.9. The second-order valence-electron chi connectivity index (χ2n) is 11.6. The number of rotatable bonds is 7. The molecule has 2 aliphatic heterocycles. The summed E-state index contributed by atoms with van der Waals surface area (Å²) in [6.45, 7) is 12.9. The van der Waals surface area contributed by atoms with Gasteiger partial charge in [-0.2, -0.15) is 0 Å². The fourth-order valence-corrected chi connectivity index (χ4v) is 6.40. The monoisotopic (exact) mass is 463 g/mol. The van der Waals surface area contributed by atoms with E-state index in [0.29, 0.717) is 5.92 Å². The maximum Gasteiger partial charge on any atom is 0.219 e. The van der Waals surface area contributed by atoms with Crippen molar-refractivity contribution in [1.29, 1.82) is 0 Å². The summed E-state index contributed by atoms with van der Waals surface area (Å²) in [7, 11) is 2.10. The van der Waals surface area contributed by atoms with Crippen LogP contribution in [0.2, 0.25) is 0 Å². The van der Waals surface area contributed by atoms with E-state index < -0.39 is 5.60 Å². The highest BCUT2D eigenvalue weighted by Gasteiger charge is 2.55. The van der Waals surface area contributed by atoms with Gasteiger partial charge in [0.25, 0.3) is 0 Å². The lowest BCUT2D eigenvalue weighted by molar-refractivity contribution is -0.132. The summed E-state index contributed by atoms with van der Waals surface area (Å²) < 4.78 is 0. The molecule has 2 fully saturated rings. The number of likely N-dealkylation sites (tertiary alicyclic amines) is 2. The molecule has 0 spiro atoms. The third kappa shape index (κ3) is 4.29. The molecule has 0 aliphatic carbocycles. The van der Waals surface area contributed by atoms with Crippen molar-refractivity contribution >= 4 is 5.91 Å². The molecule has 2 unspecified atom stereocenters. The molecule has 1 aromatic carbocycles. The normalized spacial score (nSPS) is 24.2. The van der Waals surface area contributed by atoms with Crippen molar-refractivity contribution in [3.8, 4) is 0 Å². The Hall–Kier alpha value is -2.24. The van der Waals surface area contributed by atoms with Crippen LogP contribution >= 0.6 is 0 Å². The van der Waals surface area contributed by atoms with Crippen molar-refractivity contribution in [3.63, 3.8) is 0 Å². The predicted octanol–water partition coefficient (Wildman–Crippen LogP) is 4.73. The topological polar surface area (TPSA) is 56.7 Å². The van der Waals surface area contributed by atoms with Gasteiger partial charge >= 0.3 is 0 Å². The largest absolute Gasteiger partial charge is 0.380 e. The molecule has 1 amide bonds. The lowest BCUT2D eigenvalue weighted by atomic mass is 9.62. The summed E-state index contributed by atoms with van der Waals surface area (Å²) in [5, 5.41) is 12.4. The first-order valence-corrected chi connectivity index (χ1v) is 12.7. The summed E-state index contributed by atoms with van der Waals surface area (Å²) in [5.41, 5.74) is 2.64. The summed E-state index contributed by atoms with van der Waals surface area (Å²) in [4.78, 5) is 21.0. The average molecular weight is 464 g/mol. The summed E-state index contributed by atoms with van der Waals surface area (Å²) in [6.07, 6.45) is 7.59. The summed E-state index contributed by atoms with van der Waals surface area (Å²) in [6, 6.07) is 10.6. The number of aryl methyl sites for hydroxylation is 1. The van der Waals surface area contributed by atoms with Crippen LogP contribution in [0.4, 0.5) is 0 Å². The average Bonchev–Trinajstić information content (AvgIpc) is 3.18. The number of aliphatic hydroxyl groups is 1. The van der Waals surface area contributed by atoms with Crippen molar-refractivity contribution in [2.45, 2.75) is 77.4 Å². The minimum absolute atomic E-state index is 0.104. The van der Waals surface area contributed by atoms with Gasteiger partial charge in [-0.3, -0.25) is 9.78 Å². The van der Waals surface area contributed by atoms with Gasteiger partial charge in [-0.05, 0) is 68.3 Å². The van der Waals surface area contributed by atoms with Crippen LogP contribution in [0.1, 0.15) is 82.1 Å². The number of carbonyl (C=O) groups is 1. The molecule has 5 nitrogen and oxygen atoms in total. The highest BCUT2D eigenvalue weighted by atomic mass is 16.3. The van der Waals surface area contributed by atoms with Gasteiger partial charge in [0.1, 0.15) is 5.60 Å². The van der Waals surface area contributed by atoms with Crippen molar-refractivity contribution in [2.24, 2.45) is 5.41 Å². The molecule has 3 heterocycles. The summed E-state index contributed by atoms with van der Waals surface area (Å²) >= 11 is 0. The number of hydrogen-bond acceptors (Lipinski definition) is 4. The van der Waals surface area contributed by atoms with E-state index in [1.807, 2.05) is 17.3 Å². The van der Waals surface area contributed by atoms with Crippen molar-refractivity contribution in [3.05, 3.63) is 65.0 Å². The third-order valence-corrected chi connectivity index (χ3v) is 8.40. The van der Waals surface area contributed by atoms with Crippen LogP contribution in [-0.2, 0) is 16.8 Å². The number of benzene rings is 1. The Bertz CT molecular complexity index is 1030. The number of pyridine rings is 1. The Balaban J connectivity index is 1.65. The second-order valence-corrected chi connectivity index (χ2v) is 11.6. The lowest BCUT2D eigenvalue weighted by Crippen LogP contribution is -2.63. The van der Waals surface area contributed by atoms with E-state index in [0.717, 1.165) is 62.0 Å². The molecule has 2 aromatic rings. The van der Waals surface area contributed by atoms with Crippen molar-refractivity contribution in [1.82, 2.24) is 14.8 Å². The maximum absolute atomic E-state index is 12.4. The van der Waals surface area contributed by atoms with Crippen molar-refractivity contribution < 1.29 is 9.90 Å². The van der Waals surface area contributed by atoms with E-state index in [1.165, 1.54) is 5.56 Å². The van der Waals surface area contributed by atoms with Gasteiger partial charge in [-0.15, -0.1) is 0 Å². The fraction of sp³-hybridized carbons (Fsp3) is 0.586. The zero-order valence-electron chi connectivity index (χ0n) is 21.8. The predicted molar refractivity (Wildman–Crippen MR) is 137 cm³/mol. The second kappa shape index (κ2) is 9.09. The quantitative estimate of drug-likeness (QED) is 0.645. The van der Waals surface area contributed by atoms with Gasteiger partial charge in [-0.25, -0.2) is 0 Å². The zero-order valence-corrected chi connectivity index (χ0v) is 21.8. The fourth-order valence-electron chi connectivity index (χ4n) is 6.40. The van der Waals surface area contributed by atoms with Crippen LogP contribution in [0, 0.1) is 5.41 Å². The number of aromatic nitrogens is 1. The Morgan fingerprint density at radius 1 is 1.15 bits per heavy atom. The van der Waals surface area contributed by atoms with E-state index in [1.54, 1.807) is 6.92 Å². The number of nitrogens with zero attached hydrogens (tertiary/aromatic N) is 3. The van der Waals surface area contributed by atoms with E-state index in [2.05, 4.69) is 75.0 Å². The summed E-state index contributed by atoms with van der Waals surface area (Å²) in [5.74, 6) is 0.609. The minimum Gasteiger partial charge on any atom is -0.380 e. The van der Waals surface area contributed by atoms with Gasteiger partial charge < -0.3 is 14.9 Å². The molecule has 184 valence electrons. The van der Waals surface area contributed by atoms with Gasteiger partial charge in [0.15, 0.2) is 0 Å². The van der Waals surface area contributed by atoms with E-state index in [-0.39, 0.29) is 16.9 Å². The van der Waals surface area contributed by atoms with Crippen LogP contribution in [0.25, 0.3) is 0 Å². The van der Waals surface area contributed by atoms with E-state index in [4.69, 9.17) is 0 Å². The molecule has 2 aliphatic rings. The molecule has 34 heavy (non-hydrogen) atoms. The molecule has 1 aromatic heterocycles. The minimum atomic E-state index is -1.12. The molecule has 2 atom stereocenters. The van der Waals surface area contributed by atoms with Gasteiger partial charge in [0, 0.05) is 55.5 Å². The third-order valence-electron chi connectivity index (χ3n) is 8.40. The highest BCUT2D eigenvalue weighted by molar-refractivity contribution is 5.74. The van der Waals surface area contributed by atoms with Crippen LogP contribution < -0.4 is 0 Å².